The lowest BCUT2D eigenvalue weighted by Gasteiger charge is -2.33. The molecule has 0 unspecified atom stereocenters. The first-order valence-corrected chi connectivity index (χ1v) is 8.17. The second kappa shape index (κ2) is 7.45. The molecule has 3 rings (SSSR count). The van der Waals surface area contributed by atoms with Crippen LogP contribution in [0.25, 0.3) is 0 Å². The number of hydrogen-bond donors (Lipinski definition) is 2. The minimum atomic E-state index is -0.890. The van der Waals surface area contributed by atoms with Gasteiger partial charge in [0.2, 0.25) is 0 Å². The quantitative estimate of drug-likeness (QED) is 0.880. The van der Waals surface area contributed by atoms with E-state index in [2.05, 4.69) is 10.2 Å². The monoisotopic (exact) mass is 328 g/mol. The van der Waals surface area contributed by atoms with Crippen LogP contribution in [0.4, 0.5) is 10.1 Å². The molecule has 5 heteroatoms. The number of carboxylic acids is 1. The lowest BCUT2D eigenvalue weighted by atomic mass is 10.0. The molecule has 0 radical (unpaired) electrons. The lowest BCUT2D eigenvalue weighted by Crippen LogP contribution is -2.38. The van der Waals surface area contributed by atoms with Gasteiger partial charge in [-0.25, -0.2) is 9.18 Å². The van der Waals surface area contributed by atoms with Gasteiger partial charge < -0.3 is 10.4 Å². The van der Waals surface area contributed by atoms with Crippen molar-refractivity contribution in [2.45, 2.75) is 25.4 Å². The number of aromatic carboxylic acids is 1. The molecule has 1 fully saturated rings. The summed E-state index contributed by atoms with van der Waals surface area (Å²) in [5.74, 6) is -1.11. The van der Waals surface area contributed by atoms with E-state index in [1.165, 1.54) is 12.1 Å². The fraction of sp³-hybridized carbons (Fsp3) is 0.316. The van der Waals surface area contributed by atoms with Crippen molar-refractivity contribution in [1.82, 2.24) is 4.90 Å². The minimum Gasteiger partial charge on any atom is -0.478 e. The van der Waals surface area contributed by atoms with Crippen LogP contribution < -0.4 is 5.32 Å². The third-order valence-corrected chi connectivity index (χ3v) is 4.38. The molecule has 0 atom stereocenters. The summed E-state index contributed by atoms with van der Waals surface area (Å²) in [7, 11) is 0. The summed E-state index contributed by atoms with van der Waals surface area (Å²) in [6, 6.07) is 14.0. The van der Waals surface area contributed by atoms with Crippen LogP contribution in [-0.4, -0.2) is 35.1 Å². The van der Waals surface area contributed by atoms with Crippen molar-refractivity contribution in [3.8, 4) is 0 Å². The maximum Gasteiger partial charge on any atom is 0.335 e. The fourth-order valence-corrected chi connectivity index (χ4v) is 3.08. The summed E-state index contributed by atoms with van der Waals surface area (Å²) in [6.07, 6.45) is 2.02. The van der Waals surface area contributed by atoms with Crippen molar-refractivity contribution in [1.29, 1.82) is 0 Å². The zero-order valence-electron chi connectivity index (χ0n) is 13.4. The van der Waals surface area contributed by atoms with Crippen molar-refractivity contribution >= 4 is 11.7 Å². The maximum atomic E-state index is 12.9. The summed E-state index contributed by atoms with van der Waals surface area (Å²) in [4.78, 5) is 13.4. The SMILES string of the molecule is O=C(O)c1cccc(CN2CCC(Nc3ccc(F)cc3)CC2)c1. The van der Waals surface area contributed by atoms with E-state index in [0.29, 0.717) is 11.6 Å². The number of benzene rings is 2. The molecular weight excluding hydrogens is 307 g/mol. The lowest BCUT2D eigenvalue weighted by molar-refractivity contribution is 0.0696. The summed E-state index contributed by atoms with van der Waals surface area (Å²) in [5, 5.41) is 12.5. The van der Waals surface area contributed by atoms with Crippen LogP contribution in [0, 0.1) is 5.82 Å². The molecule has 0 aliphatic carbocycles. The number of piperidine rings is 1. The number of carboxylic acid groups (broad SMARTS) is 1. The number of rotatable bonds is 5. The van der Waals surface area contributed by atoms with E-state index < -0.39 is 5.97 Å². The smallest absolute Gasteiger partial charge is 0.335 e. The molecule has 126 valence electrons. The second-order valence-corrected chi connectivity index (χ2v) is 6.21. The molecule has 1 saturated heterocycles. The van der Waals surface area contributed by atoms with Gasteiger partial charge >= 0.3 is 5.97 Å². The van der Waals surface area contributed by atoms with Crippen LogP contribution in [-0.2, 0) is 6.54 Å². The minimum absolute atomic E-state index is 0.223. The Bertz CT molecular complexity index is 695. The van der Waals surface area contributed by atoms with Crippen molar-refractivity contribution in [3.05, 3.63) is 65.5 Å². The molecule has 0 spiro atoms. The molecule has 2 aromatic carbocycles. The van der Waals surface area contributed by atoms with Crippen molar-refractivity contribution < 1.29 is 14.3 Å². The van der Waals surface area contributed by atoms with Crippen LogP contribution in [0.5, 0.6) is 0 Å². The predicted molar refractivity (Wildman–Crippen MR) is 91.7 cm³/mol. The zero-order valence-corrected chi connectivity index (χ0v) is 13.4. The van der Waals surface area contributed by atoms with Gasteiger partial charge in [0.25, 0.3) is 0 Å². The van der Waals surface area contributed by atoms with Gasteiger partial charge in [0.1, 0.15) is 5.82 Å². The summed E-state index contributed by atoms with van der Waals surface area (Å²) in [6.45, 7) is 2.68. The molecule has 1 aliphatic rings. The summed E-state index contributed by atoms with van der Waals surface area (Å²) < 4.78 is 12.9. The predicted octanol–water partition coefficient (Wildman–Crippen LogP) is 3.60. The highest BCUT2D eigenvalue weighted by atomic mass is 19.1. The third-order valence-electron chi connectivity index (χ3n) is 4.38. The van der Waals surface area contributed by atoms with E-state index >= 15 is 0 Å². The molecule has 2 aromatic rings. The number of hydrogen-bond acceptors (Lipinski definition) is 3. The Labute approximate surface area is 140 Å². The van der Waals surface area contributed by atoms with E-state index in [4.69, 9.17) is 5.11 Å². The van der Waals surface area contributed by atoms with E-state index in [1.807, 2.05) is 6.07 Å². The molecule has 2 N–H and O–H groups in total. The van der Waals surface area contributed by atoms with E-state index in [0.717, 1.165) is 43.7 Å². The second-order valence-electron chi connectivity index (χ2n) is 6.21. The Balaban J connectivity index is 1.51. The van der Waals surface area contributed by atoms with Crippen LogP contribution in [0.1, 0.15) is 28.8 Å². The van der Waals surface area contributed by atoms with E-state index in [9.17, 15) is 9.18 Å². The highest BCUT2D eigenvalue weighted by Gasteiger charge is 2.19. The van der Waals surface area contributed by atoms with Crippen LogP contribution in [0.3, 0.4) is 0 Å². The Kier molecular flexibility index (Phi) is 5.11. The number of likely N-dealkylation sites (tertiary alicyclic amines) is 1. The molecule has 24 heavy (non-hydrogen) atoms. The van der Waals surface area contributed by atoms with Gasteiger partial charge in [-0.2, -0.15) is 0 Å². The highest BCUT2D eigenvalue weighted by Crippen LogP contribution is 2.19. The van der Waals surface area contributed by atoms with E-state index in [-0.39, 0.29) is 5.82 Å². The van der Waals surface area contributed by atoms with Gasteiger partial charge in [-0.3, -0.25) is 4.90 Å². The molecule has 0 amide bonds. The Morgan fingerprint density at radius 1 is 1.17 bits per heavy atom. The maximum absolute atomic E-state index is 12.9. The van der Waals surface area contributed by atoms with Gasteiger partial charge in [0.15, 0.2) is 0 Å². The number of anilines is 1. The molecule has 0 aromatic heterocycles. The van der Waals surface area contributed by atoms with Crippen LogP contribution >= 0.6 is 0 Å². The number of nitrogens with one attached hydrogen (secondary N) is 1. The average Bonchev–Trinajstić information content (AvgIpc) is 2.59. The first-order valence-electron chi connectivity index (χ1n) is 8.17. The van der Waals surface area contributed by atoms with Gasteiger partial charge in [0, 0.05) is 31.4 Å². The van der Waals surface area contributed by atoms with Gasteiger partial charge in [-0.15, -0.1) is 0 Å². The molecule has 0 bridgehead atoms. The Morgan fingerprint density at radius 2 is 1.88 bits per heavy atom. The first kappa shape index (κ1) is 16.5. The Morgan fingerprint density at radius 3 is 2.54 bits per heavy atom. The molecule has 0 saturated carbocycles. The first-order chi connectivity index (χ1) is 11.6. The molecule has 1 aliphatic heterocycles. The van der Waals surface area contributed by atoms with E-state index in [1.54, 1.807) is 30.3 Å². The molecular formula is C19H21FN2O2. The number of carbonyl (C=O) groups is 1. The highest BCUT2D eigenvalue weighted by molar-refractivity contribution is 5.87. The van der Waals surface area contributed by atoms with Crippen molar-refractivity contribution in [2.24, 2.45) is 0 Å². The molecule has 1 heterocycles. The average molecular weight is 328 g/mol. The van der Waals surface area contributed by atoms with Crippen molar-refractivity contribution in [3.63, 3.8) is 0 Å². The standard InChI is InChI=1S/C19H21FN2O2/c20-16-4-6-17(7-5-16)21-18-8-10-22(11-9-18)13-14-2-1-3-15(12-14)19(23)24/h1-7,12,18,21H,8-11,13H2,(H,23,24). The normalized spacial score (nSPS) is 16.0. The fourth-order valence-electron chi connectivity index (χ4n) is 3.08. The third kappa shape index (κ3) is 4.32. The number of nitrogens with zero attached hydrogens (tertiary/aromatic N) is 1. The summed E-state index contributed by atoms with van der Waals surface area (Å²) in [5.41, 5.74) is 2.31. The van der Waals surface area contributed by atoms with Crippen molar-refractivity contribution in [2.75, 3.05) is 18.4 Å². The zero-order chi connectivity index (χ0) is 16.9. The van der Waals surface area contributed by atoms with Gasteiger partial charge in [0.05, 0.1) is 5.56 Å². The topological polar surface area (TPSA) is 52.6 Å². The molecule has 4 nitrogen and oxygen atoms in total. The van der Waals surface area contributed by atoms with Gasteiger partial charge in [-0.1, -0.05) is 12.1 Å². The summed E-state index contributed by atoms with van der Waals surface area (Å²) >= 11 is 0. The Hall–Kier alpha value is -2.40. The van der Waals surface area contributed by atoms with Crippen LogP contribution in [0.2, 0.25) is 0 Å². The van der Waals surface area contributed by atoms with Crippen LogP contribution in [0.15, 0.2) is 48.5 Å². The van der Waals surface area contributed by atoms with Gasteiger partial charge in [-0.05, 0) is 54.8 Å². The number of halogens is 1. The largest absolute Gasteiger partial charge is 0.478 e.